The SMILES string of the molecule is CC(CC(C)(C)NC(=O)Oc1ccc(C=O)cc1)NC(=O)BC(=O)NC(C)(C)CC(C)(C)NC(=O)Oc1ccc(C=O)cc1. The molecule has 0 heterocycles. The zero-order chi connectivity index (χ0) is 33.1. The van der Waals surface area contributed by atoms with Crippen molar-refractivity contribution in [2.45, 2.75) is 84.0 Å². The Morgan fingerprint density at radius 1 is 0.682 bits per heavy atom. The summed E-state index contributed by atoms with van der Waals surface area (Å²) >= 11 is 0. The molecule has 4 N–H and O–H groups in total. The highest BCUT2D eigenvalue weighted by Crippen LogP contribution is 2.21. The Morgan fingerprint density at radius 3 is 1.52 bits per heavy atom. The van der Waals surface area contributed by atoms with Gasteiger partial charge in [0.1, 0.15) is 24.1 Å². The number of nitrogens with one attached hydrogen (secondary N) is 4. The molecule has 2 aromatic rings. The fraction of sp³-hybridized carbons (Fsp3) is 0.419. The maximum Gasteiger partial charge on any atom is 0.413 e. The van der Waals surface area contributed by atoms with Crippen molar-refractivity contribution in [3.8, 4) is 11.5 Å². The minimum absolute atomic E-state index is 0.276. The molecule has 4 amide bonds. The van der Waals surface area contributed by atoms with E-state index in [1.165, 1.54) is 48.5 Å². The normalized spacial score (nSPS) is 12.2. The molecule has 2 aromatic carbocycles. The predicted octanol–water partition coefficient (Wildman–Crippen LogP) is 4.55. The summed E-state index contributed by atoms with van der Waals surface area (Å²) < 4.78 is 10.5. The summed E-state index contributed by atoms with van der Waals surface area (Å²) in [5.41, 5.74) is -1.41. The molecule has 0 fully saturated rings. The zero-order valence-electron chi connectivity index (χ0n) is 26.2. The number of carbonyl (C=O) groups is 6. The zero-order valence-corrected chi connectivity index (χ0v) is 26.2. The number of carbonyl (C=O) groups excluding carboxylic acids is 6. The molecule has 0 saturated carbocycles. The van der Waals surface area contributed by atoms with Crippen LogP contribution < -0.4 is 30.7 Å². The summed E-state index contributed by atoms with van der Waals surface area (Å²) in [6.07, 6.45) is 0.667. The van der Waals surface area contributed by atoms with Gasteiger partial charge < -0.3 is 30.7 Å². The maximum atomic E-state index is 12.7. The molecule has 236 valence electrons. The van der Waals surface area contributed by atoms with Crippen LogP contribution in [0, 0.1) is 0 Å². The quantitative estimate of drug-likeness (QED) is 0.179. The number of benzene rings is 2. The summed E-state index contributed by atoms with van der Waals surface area (Å²) in [5, 5.41) is 11.1. The van der Waals surface area contributed by atoms with Gasteiger partial charge in [0.05, 0.1) is 0 Å². The van der Waals surface area contributed by atoms with Gasteiger partial charge in [-0.15, -0.1) is 0 Å². The van der Waals surface area contributed by atoms with Crippen molar-refractivity contribution in [1.29, 1.82) is 0 Å². The Morgan fingerprint density at radius 2 is 1.09 bits per heavy atom. The van der Waals surface area contributed by atoms with Crippen LogP contribution in [0.1, 0.15) is 82.0 Å². The first-order valence-electron chi connectivity index (χ1n) is 14.1. The Balaban J connectivity index is 1.79. The van der Waals surface area contributed by atoms with Gasteiger partial charge in [0.2, 0.25) is 0 Å². The van der Waals surface area contributed by atoms with Crippen molar-refractivity contribution in [1.82, 2.24) is 21.3 Å². The fourth-order valence-electron chi connectivity index (χ4n) is 5.00. The fourth-order valence-corrected chi connectivity index (χ4v) is 5.00. The number of amides is 4. The molecule has 44 heavy (non-hydrogen) atoms. The highest BCUT2D eigenvalue weighted by molar-refractivity contribution is 6.96. The van der Waals surface area contributed by atoms with Crippen molar-refractivity contribution in [2.24, 2.45) is 0 Å². The third kappa shape index (κ3) is 13.1. The van der Waals surface area contributed by atoms with Gasteiger partial charge >= 0.3 is 19.5 Å². The van der Waals surface area contributed by atoms with Gasteiger partial charge in [0, 0.05) is 33.8 Å². The first-order chi connectivity index (χ1) is 20.4. The van der Waals surface area contributed by atoms with Crippen LogP contribution in [-0.2, 0) is 0 Å². The Labute approximate surface area is 258 Å². The van der Waals surface area contributed by atoms with E-state index in [1.807, 2.05) is 0 Å². The molecule has 0 aliphatic rings. The lowest BCUT2D eigenvalue weighted by Crippen LogP contribution is -2.55. The van der Waals surface area contributed by atoms with Gasteiger partial charge in [-0.1, -0.05) is 0 Å². The van der Waals surface area contributed by atoms with Crippen LogP contribution in [0.4, 0.5) is 19.2 Å². The highest BCUT2D eigenvalue weighted by Gasteiger charge is 2.33. The minimum atomic E-state index is -0.787. The summed E-state index contributed by atoms with van der Waals surface area (Å²) in [5.74, 6) is -0.422. The van der Waals surface area contributed by atoms with E-state index in [9.17, 15) is 28.8 Å². The van der Waals surface area contributed by atoms with Gasteiger partial charge in [0.15, 0.2) is 11.6 Å². The van der Waals surface area contributed by atoms with Gasteiger partial charge in [-0.25, -0.2) is 9.59 Å². The van der Waals surface area contributed by atoms with Crippen molar-refractivity contribution < 1.29 is 38.2 Å². The summed E-state index contributed by atoms with van der Waals surface area (Å²) in [6.45, 7) is 12.4. The molecule has 0 saturated heterocycles. The summed E-state index contributed by atoms with van der Waals surface area (Å²) in [7, 11) is -0.410. The van der Waals surface area contributed by atoms with Crippen LogP contribution in [-0.4, -0.2) is 66.3 Å². The van der Waals surface area contributed by atoms with Crippen LogP contribution in [0.25, 0.3) is 0 Å². The molecular formula is C31H41BN4O8. The van der Waals surface area contributed by atoms with Crippen molar-refractivity contribution in [3.63, 3.8) is 0 Å². The Kier molecular flexibility index (Phi) is 12.2. The smallest absolute Gasteiger partial charge is 0.410 e. The van der Waals surface area contributed by atoms with Gasteiger partial charge in [-0.2, -0.15) is 0 Å². The summed E-state index contributed by atoms with van der Waals surface area (Å²) in [6, 6.07) is 11.8. The number of rotatable bonds is 14. The van der Waals surface area contributed by atoms with Crippen LogP contribution in [0.2, 0.25) is 0 Å². The van der Waals surface area contributed by atoms with E-state index in [-0.39, 0.29) is 17.5 Å². The standard InChI is InChI=1S/C31H41BN4O8/c1-20(16-29(2,3)35-27(41)43-23-12-8-21(17-37)9-13-23)33-25(39)32-26(40)34-30(4,5)19-31(6,7)36-28(42)44-24-14-10-22(18-38)11-15-24/h8-15,17-18,20,32H,16,19H2,1-7H3,(H,33,39)(H,34,40)(H,35,41)(H,36,42). The third-order valence-corrected chi connectivity index (χ3v) is 6.24. The van der Waals surface area contributed by atoms with Crippen LogP contribution in [0.15, 0.2) is 48.5 Å². The van der Waals surface area contributed by atoms with Gasteiger partial charge in [0.25, 0.3) is 0 Å². The number of hydrogen-bond acceptors (Lipinski definition) is 8. The Hall–Kier alpha value is -4.68. The monoisotopic (exact) mass is 608 g/mol. The van der Waals surface area contributed by atoms with Crippen LogP contribution >= 0.6 is 0 Å². The van der Waals surface area contributed by atoms with E-state index in [2.05, 4.69) is 21.3 Å². The number of aldehydes is 2. The first kappa shape index (κ1) is 35.5. The molecule has 0 bridgehead atoms. The lowest BCUT2D eigenvalue weighted by Gasteiger charge is -2.36. The maximum absolute atomic E-state index is 12.7. The largest absolute Gasteiger partial charge is 0.413 e. The molecular weight excluding hydrogens is 567 g/mol. The second kappa shape index (κ2) is 15.2. The summed E-state index contributed by atoms with van der Waals surface area (Å²) in [4.78, 5) is 71.6. The molecule has 0 spiro atoms. The first-order valence-corrected chi connectivity index (χ1v) is 14.1. The lowest BCUT2D eigenvalue weighted by atomic mass is 9.74. The van der Waals surface area contributed by atoms with Crippen molar-refractivity contribution in [2.75, 3.05) is 0 Å². The van der Waals surface area contributed by atoms with Gasteiger partial charge in [-0.3, -0.25) is 19.2 Å². The molecule has 0 radical (unpaired) electrons. The average molecular weight is 609 g/mol. The van der Waals surface area contributed by atoms with E-state index in [0.717, 1.165) is 0 Å². The van der Waals surface area contributed by atoms with Crippen molar-refractivity contribution >= 4 is 43.7 Å². The lowest BCUT2D eigenvalue weighted by molar-refractivity contribution is 0.111. The molecule has 1 atom stereocenters. The third-order valence-electron chi connectivity index (χ3n) is 6.24. The molecule has 0 aliphatic heterocycles. The minimum Gasteiger partial charge on any atom is -0.410 e. The molecule has 12 nitrogen and oxygen atoms in total. The second-order valence-electron chi connectivity index (χ2n) is 12.6. The van der Waals surface area contributed by atoms with Crippen molar-refractivity contribution in [3.05, 3.63) is 59.7 Å². The highest BCUT2D eigenvalue weighted by atomic mass is 16.6. The molecule has 1 unspecified atom stereocenters. The number of hydrogen-bond donors (Lipinski definition) is 4. The van der Waals surface area contributed by atoms with E-state index in [4.69, 9.17) is 9.47 Å². The molecule has 2 rings (SSSR count). The predicted molar refractivity (Wildman–Crippen MR) is 167 cm³/mol. The Bertz CT molecular complexity index is 1340. The van der Waals surface area contributed by atoms with E-state index in [1.54, 1.807) is 48.5 Å². The molecule has 0 aliphatic carbocycles. The van der Waals surface area contributed by atoms with Crippen LogP contribution in [0.3, 0.4) is 0 Å². The number of ether oxygens (including phenoxy) is 2. The second-order valence-corrected chi connectivity index (χ2v) is 12.6. The molecule has 0 aromatic heterocycles. The topological polar surface area (TPSA) is 169 Å². The van der Waals surface area contributed by atoms with E-state index >= 15 is 0 Å². The van der Waals surface area contributed by atoms with E-state index < -0.39 is 47.7 Å². The van der Waals surface area contributed by atoms with E-state index in [0.29, 0.717) is 36.5 Å². The molecule has 13 heteroatoms. The average Bonchev–Trinajstić information content (AvgIpc) is 2.86. The van der Waals surface area contributed by atoms with Crippen LogP contribution in [0.5, 0.6) is 11.5 Å². The van der Waals surface area contributed by atoms with Gasteiger partial charge in [-0.05, 0) is 110 Å².